The molecule has 1 fully saturated rings. The zero-order valence-electron chi connectivity index (χ0n) is 8.27. The monoisotopic (exact) mass is 222 g/mol. The van der Waals surface area contributed by atoms with Crippen molar-refractivity contribution in [2.45, 2.75) is 68.5 Å². The van der Waals surface area contributed by atoms with E-state index >= 15 is 0 Å². The van der Waals surface area contributed by atoms with Gasteiger partial charge in [0.1, 0.15) is 0 Å². The van der Waals surface area contributed by atoms with Crippen LogP contribution >= 0.6 is 23.2 Å². The van der Waals surface area contributed by atoms with Crippen molar-refractivity contribution in [1.82, 2.24) is 0 Å². The van der Waals surface area contributed by atoms with Crippen LogP contribution in [0.3, 0.4) is 0 Å². The Morgan fingerprint density at radius 3 is 1.23 bits per heavy atom. The minimum Gasteiger partial charge on any atom is -0.121 e. The van der Waals surface area contributed by atoms with E-state index in [0.717, 1.165) is 12.8 Å². The lowest BCUT2D eigenvalue weighted by molar-refractivity contribution is 0.585. The van der Waals surface area contributed by atoms with E-state index in [4.69, 9.17) is 23.2 Å². The van der Waals surface area contributed by atoms with Gasteiger partial charge in [0.15, 0.2) is 0 Å². The van der Waals surface area contributed by atoms with Crippen LogP contribution in [0.25, 0.3) is 0 Å². The Balaban J connectivity index is 2.26. The minimum atomic E-state index is 0.208. The molecular weight excluding hydrogens is 203 g/mol. The molecule has 0 N–H and O–H groups in total. The average Bonchev–Trinajstić information content (AvgIpc) is 2.16. The van der Waals surface area contributed by atoms with E-state index < -0.39 is 0 Å². The van der Waals surface area contributed by atoms with Gasteiger partial charge in [-0.25, -0.2) is 0 Å². The molecule has 0 amide bonds. The predicted octanol–water partition coefficient (Wildman–Crippen LogP) is 4.73. The molecule has 0 aromatic heterocycles. The number of alkyl halides is 2. The Kier molecular flexibility index (Phi) is 6.23. The van der Waals surface area contributed by atoms with Gasteiger partial charge in [0, 0.05) is 10.8 Å². The van der Waals surface area contributed by atoms with Gasteiger partial charge in [-0.05, 0) is 12.8 Å². The van der Waals surface area contributed by atoms with Crippen molar-refractivity contribution < 1.29 is 0 Å². The molecule has 1 saturated carbocycles. The number of halogens is 2. The first-order valence-electron chi connectivity index (χ1n) is 5.59. The third-order valence-corrected chi connectivity index (χ3v) is 4.03. The van der Waals surface area contributed by atoms with Gasteiger partial charge in [-0.3, -0.25) is 0 Å². The van der Waals surface area contributed by atoms with Gasteiger partial charge >= 0.3 is 0 Å². The molecule has 78 valence electrons. The molecular formula is C11H20Cl2. The van der Waals surface area contributed by atoms with E-state index in [1.807, 2.05) is 0 Å². The summed E-state index contributed by atoms with van der Waals surface area (Å²) in [6, 6.07) is 0. The lowest BCUT2D eigenvalue weighted by atomic mass is 10.1. The van der Waals surface area contributed by atoms with Crippen molar-refractivity contribution >= 4 is 23.2 Å². The third-order valence-electron chi connectivity index (χ3n) is 2.85. The summed E-state index contributed by atoms with van der Waals surface area (Å²) in [6.07, 6.45) is 11.6. The maximum atomic E-state index is 6.19. The van der Waals surface area contributed by atoms with E-state index in [1.165, 1.54) is 44.9 Å². The fourth-order valence-corrected chi connectivity index (χ4v) is 2.48. The van der Waals surface area contributed by atoms with Crippen LogP contribution in [0.15, 0.2) is 0 Å². The average molecular weight is 223 g/mol. The van der Waals surface area contributed by atoms with E-state index in [0.29, 0.717) is 0 Å². The molecule has 0 radical (unpaired) electrons. The summed E-state index contributed by atoms with van der Waals surface area (Å²) in [5, 5.41) is 0.416. The maximum Gasteiger partial charge on any atom is 0.0499 e. The molecule has 0 nitrogen and oxygen atoms in total. The largest absolute Gasteiger partial charge is 0.121 e. The van der Waals surface area contributed by atoms with Crippen LogP contribution < -0.4 is 0 Å². The van der Waals surface area contributed by atoms with Gasteiger partial charge in [-0.1, -0.05) is 44.9 Å². The summed E-state index contributed by atoms with van der Waals surface area (Å²) in [6.45, 7) is 0. The van der Waals surface area contributed by atoms with Crippen molar-refractivity contribution in [3.8, 4) is 0 Å². The normalized spacial score (nSPS) is 33.7. The second kappa shape index (κ2) is 6.95. The van der Waals surface area contributed by atoms with Crippen molar-refractivity contribution in [2.75, 3.05) is 0 Å². The highest BCUT2D eigenvalue weighted by molar-refractivity contribution is 6.29. The lowest BCUT2D eigenvalue weighted by Crippen LogP contribution is -2.14. The standard InChI is InChI=1S/C11H20Cl2/c12-10-8-6-4-2-1-3-5-7-9-11(10)13/h10-11H,1-9H2. The zero-order chi connectivity index (χ0) is 9.52. The number of hydrogen-bond donors (Lipinski definition) is 0. The maximum absolute atomic E-state index is 6.19. The van der Waals surface area contributed by atoms with Gasteiger partial charge in [0.05, 0.1) is 0 Å². The van der Waals surface area contributed by atoms with Crippen LogP contribution in [0.4, 0.5) is 0 Å². The molecule has 2 unspecified atom stereocenters. The molecule has 0 aromatic rings. The lowest BCUT2D eigenvalue weighted by Gasteiger charge is -2.14. The Hall–Kier alpha value is 0.580. The van der Waals surface area contributed by atoms with Gasteiger partial charge in [0.25, 0.3) is 0 Å². The Morgan fingerprint density at radius 1 is 0.538 bits per heavy atom. The summed E-state index contributed by atoms with van der Waals surface area (Å²) in [7, 11) is 0. The fourth-order valence-electron chi connectivity index (χ4n) is 1.92. The van der Waals surface area contributed by atoms with Gasteiger partial charge in [-0.2, -0.15) is 0 Å². The molecule has 1 rings (SSSR count). The molecule has 1 aliphatic rings. The van der Waals surface area contributed by atoms with Crippen LogP contribution in [-0.2, 0) is 0 Å². The third kappa shape index (κ3) is 5.12. The van der Waals surface area contributed by atoms with Crippen LogP contribution in [0, 0.1) is 0 Å². The summed E-state index contributed by atoms with van der Waals surface area (Å²) < 4.78 is 0. The molecule has 2 atom stereocenters. The van der Waals surface area contributed by atoms with Crippen molar-refractivity contribution in [3.63, 3.8) is 0 Å². The fraction of sp³-hybridized carbons (Fsp3) is 1.00. The second-order valence-electron chi connectivity index (χ2n) is 4.08. The van der Waals surface area contributed by atoms with Gasteiger partial charge in [-0.15, -0.1) is 23.2 Å². The summed E-state index contributed by atoms with van der Waals surface area (Å²) in [5.41, 5.74) is 0. The van der Waals surface area contributed by atoms with Crippen molar-refractivity contribution in [1.29, 1.82) is 0 Å². The van der Waals surface area contributed by atoms with E-state index in [9.17, 15) is 0 Å². The molecule has 1 aliphatic carbocycles. The Labute approximate surface area is 92.0 Å². The summed E-state index contributed by atoms with van der Waals surface area (Å²) in [5.74, 6) is 0. The smallest absolute Gasteiger partial charge is 0.0499 e. The van der Waals surface area contributed by atoms with E-state index in [-0.39, 0.29) is 10.8 Å². The molecule has 0 saturated heterocycles. The van der Waals surface area contributed by atoms with Crippen LogP contribution in [0.1, 0.15) is 57.8 Å². The first-order valence-corrected chi connectivity index (χ1v) is 6.46. The number of rotatable bonds is 0. The SMILES string of the molecule is ClC1CCCCCCCCCC1Cl. The molecule has 0 spiro atoms. The first kappa shape index (κ1) is 11.7. The Morgan fingerprint density at radius 2 is 0.846 bits per heavy atom. The van der Waals surface area contributed by atoms with Crippen molar-refractivity contribution in [3.05, 3.63) is 0 Å². The second-order valence-corrected chi connectivity index (χ2v) is 5.21. The highest BCUT2D eigenvalue weighted by atomic mass is 35.5. The molecule has 0 aromatic carbocycles. The van der Waals surface area contributed by atoms with Crippen molar-refractivity contribution in [2.24, 2.45) is 0 Å². The minimum absolute atomic E-state index is 0.208. The summed E-state index contributed by atoms with van der Waals surface area (Å²) >= 11 is 12.4. The van der Waals surface area contributed by atoms with Crippen LogP contribution in [0.2, 0.25) is 0 Å². The topological polar surface area (TPSA) is 0 Å². The van der Waals surface area contributed by atoms with Gasteiger partial charge in [0.2, 0.25) is 0 Å². The highest BCUT2D eigenvalue weighted by Gasteiger charge is 2.16. The quantitative estimate of drug-likeness (QED) is 0.521. The zero-order valence-corrected chi connectivity index (χ0v) is 9.79. The van der Waals surface area contributed by atoms with Crippen LogP contribution in [-0.4, -0.2) is 10.8 Å². The molecule has 0 heterocycles. The van der Waals surface area contributed by atoms with Crippen LogP contribution in [0.5, 0.6) is 0 Å². The molecule has 13 heavy (non-hydrogen) atoms. The van der Waals surface area contributed by atoms with Gasteiger partial charge < -0.3 is 0 Å². The van der Waals surface area contributed by atoms with E-state index in [1.54, 1.807) is 0 Å². The molecule has 0 bridgehead atoms. The number of hydrogen-bond acceptors (Lipinski definition) is 0. The molecule has 0 aliphatic heterocycles. The first-order chi connectivity index (χ1) is 6.30. The molecule has 2 heteroatoms. The Bertz CT molecular complexity index is 111. The highest BCUT2D eigenvalue weighted by Crippen LogP contribution is 2.24. The summed E-state index contributed by atoms with van der Waals surface area (Å²) in [4.78, 5) is 0. The predicted molar refractivity (Wildman–Crippen MR) is 60.8 cm³/mol. The van der Waals surface area contributed by atoms with E-state index in [2.05, 4.69) is 0 Å².